The number of amides is 2. The van der Waals surface area contributed by atoms with Crippen LogP contribution < -0.4 is 15.8 Å². The van der Waals surface area contributed by atoms with Crippen molar-refractivity contribution in [1.82, 2.24) is 14.8 Å². The van der Waals surface area contributed by atoms with Gasteiger partial charge in [-0.15, -0.1) is 11.3 Å². The number of fused-ring (bicyclic) bond motifs is 1. The summed E-state index contributed by atoms with van der Waals surface area (Å²) >= 11 is 0.663. The number of aryl methyl sites for hydroxylation is 2. The number of nitrogens with zero attached hydrogens (tertiary/aromatic N) is 3. The van der Waals surface area contributed by atoms with Crippen LogP contribution in [-0.2, 0) is 19.3 Å². The zero-order valence-corrected chi connectivity index (χ0v) is 25.2. The molecular formula is C31H30F3N5O4S. The second-order valence-corrected chi connectivity index (χ2v) is 11.3. The number of ether oxygens (including phenoxy) is 1. The quantitative estimate of drug-likeness (QED) is 0.165. The van der Waals surface area contributed by atoms with Crippen molar-refractivity contribution in [3.63, 3.8) is 0 Å². The fourth-order valence-electron chi connectivity index (χ4n) is 4.73. The number of alkyl halides is 3. The Kier molecular flexibility index (Phi) is 8.51. The fraction of sp³-hybridized carbons (Fsp3) is 0.290. The van der Waals surface area contributed by atoms with Gasteiger partial charge >= 0.3 is 6.18 Å². The van der Waals surface area contributed by atoms with Crippen LogP contribution in [0.15, 0.2) is 53.1 Å². The molecule has 4 aromatic heterocycles. The van der Waals surface area contributed by atoms with Crippen LogP contribution in [0.5, 0.6) is 5.75 Å². The molecule has 0 radical (unpaired) electrons. The Balaban J connectivity index is 1.47. The number of aromatic nitrogens is 3. The van der Waals surface area contributed by atoms with Gasteiger partial charge in [0, 0.05) is 23.7 Å². The number of benzene rings is 1. The molecule has 5 rings (SSSR count). The van der Waals surface area contributed by atoms with Crippen LogP contribution in [0.2, 0.25) is 0 Å². The number of nitrogens with two attached hydrogens (primary N) is 1. The standard InChI is InChI=1S/C31H30F3N5O4S/c1-5-16(3)18-7-9-19(10-8-18)42-15-20-11-12-23(43-20)29(41)37-26-25-21(22-14-39(6-2)38-17(22)4)13-24(31(32,33)34)36-30(25)44-27(26)28(35)40/h7-14,16H,5-6,15H2,1-4H3,(H2,35,40)(H,37,41). The number of nitrogens with one attached hydrogen (secondary N) is 1. The van der Waals surface area contributed by atoms with Crippen molar-refractivity contribution in [3.05, 3.63) is 82.0 Å². The van der Waals surface area contributed by atoms with Gasteiger partial charge in [0.25, 0.3) is 11.8 Å². The van der Waals surface area contributed by atoms with Crippen LogP contribution in [-0.4, -0.2) is 26.6 Å². The summed E-state index contributed by atoms with van der Waals surface area (Å²) in [7, 11) is 0. The summed E-state index contributed by atoms with van der Waals surface area (Å²) in [5, 5.41) is 7.13. The molecule has 1 unspecified atom stereocenters. The smallest absolute Gasteiger partial charge is 0.433 e. The molecule has 1 atom stereocenters. The normalized spacial score (nSPS) is 12.4. The highest BCUT2D eigenvalue weighted by Crippen LogP contribution is 2.44. The third-order valence-electron chi connectivity index (χ3n) is 7.30. The van der Waals surface area contributed by atoms with Crippen LogP contribution in [0.1, 0.15) is 76.0 Å². The number of furan rings is 1. The van der Waals surface area contributed by atoms with E-state index < -0.39 is 23.7 Å². The van der Waals surface area contributed by atoms with Gasteiger partial charge in [-0.05, 0) is 67.6 Å². The van der Waals surface area contributed by atoms with E-state index in [2.05, 4.69) is 29.2 Å². The first-order valence-corrected chi connectivity index (χ1v) is 14.7. The molecule has 44 heavy (non-hydrogen) atoms. The zero-order valence-electron chi connectivity index (χ0n) is 24.4. The number of halogens is 3. The molecule has 2 amide bonds. The average molecular weight is 626 g/mol. The lowest BCUT2D eigenvalue weighted by Crippen LogP contribution is -2.16. The molecule has 0 aliphatic carbocycles. The molecule has 0 saturated carbocycles. The fourth-order valence-corrected chi connectivity index (χ4v) is 5.74. The largest absolute Gasteiger partial charge is 0.486 e. The summed E-state index contributed by atoms with van der Waals surface area (Å²) in [4.78, 5) is 29.3. The van der Waals surface area contributed by atoms with E-state index in [1.54, 1.807) is 23.9 Å². The number of carbonyl (C=O) groups excluding carboxylic acids is 2. The van der Waals surface area contributed by atoms with Gasteiger partial charge in [0.1, 0.15) is 33.5 Å². The van der Waals surface area contributed by atoms with Crippen molar-refractivity contribution in [2.75, 3.05) is 5.32 Å². The number of carbonyl (C=O) groups is 2. The molecule has 0 spiro atoms. The molecule has 1 aromatic carbocycles. The third-order valence-corrected chi connectivity index (χ3v) is 8.40. The van der Waals surface area contributed by atoms with Crippen molar-refractivity contribution >= 4 is 39.1 Å². The van der Waals surface area contributed by atoms with Crippen molar-refractivity contribution in [1.29, 1.82) is 0 Å². The van der Waals surface area contributed by atoms with Crippen LogP contribution in [0.4, 0.5) is 18.9 Å². The highest BCUT2D eigenvalue weighted by atomic mass is 32.1. The average Bonchev–Trinajstić information content (AvgIpc) is 3.72. The highest BCUT2D eigenvalue weighted by molar-refractivity contribution is 7.21. The van der Waals surface area contributed by atoms with Gasteiger partial charge in [-0.2, -0.15) is 18.3 Å². The van der Waals surface area contributed by atoms with Crippen molar-refractivity contribution in [3.8, 4) is 16.9 Å². The highest BCUT2D eigenvalue weighted by Gasteiger charge is 2.35. The second-order valence-electron chi connectivity index (χ2n) is 10.3. The molecule has 0 aliphatic rings. The maximum atomic E-state index is 13.9. The molecule has 0 bridgehead atoms. The van der Waals surface area contributed by atoms with E-state index in [-0.39, 0.29) is 38.7 Å². The van der Waals surface area contributed by atoms with Crippen LogP contribution in [0.3, 0.4) is 0 Å². The molecule has 5 aromatic rings. The van der Waals surface area contributed by atoms with Crippen molar-refractivity contribution in [2.24, 2.45) is 5.73 Å². The number of hydrogen-bond acceptors (Lipinski definition) is 7. The van der Waals surface area contributed by atoms with E-state index in [1.807, 2.05) is 31.2 Å². The third kappa shape index (κ3) is 6.18. The monoisotopic (exact) mass is 625 g/mol. The number of anilines is 1. The maximum Gasteiger partial charge on any atom is 0.433 e. The summed E-state index contributed by atoms with van der Waals surface area (Å²) in [5.41, 5.74) is 6.56. The number of primary amides is 1. The van der Waals surface area contributed by atoms with E-state index in [9.17, 15) is 22.8 Å². The lowest BCUT2D eigenvalue weighted by atomic mass is 9.99. The Morgan fingerprint density at radius 2 is 1.86 bits per heavy atom. The predicted molar refractivity (Wildman–Crippen MR) is 161 cm³/mol. The second kappa shape index (κ2) is 12.2. The van der Waals surface area contributed by atoms with Crippen LogP contribution in [0.25, 0.3) is 21.3 Å². The molecular weight excluding hydrogens is 595 g/mol. The first-order chi connectivity index (χ1) is 20.9. The van der Waals surface area contributed by atoms with Gasteiger partial charge in [0.15, 0.2) is 5.76 Å². The minimum absolute atomic E-state index is 0.0544. The number of thiophene rings is 1. The van der Waals surface area contributed by atoms with Crippen molar-refractivity contribution < 1.29 is 31.9 Å². The lowest BCUT2D eigenvalue weighted by Gasteiger charge is -2.11. The topological polar surface area (TPSA) is 125 Å². The van der Waals surface area contributed by atoms with E-state index in [4.69, 9.17) is 14.9 Å². The number of pyridine rings is 1. The van der Waals surface area contributed by atoms with Gasteiger partial charge in [0.05, 0.1) is 11.4 Å². The Hall–Kier alpha value is -4.65. The summed E-state index contributed by atoms with van der Waals surface area (Å²) in [6.45, 7) is 8.31. The van der Waals surface area contributed by atoms with Gasteiger partial charge in [-0.25, -0.2) is 4.98 Å². The Labute approximate surface area is 254 Å². The molecule has 230 valence electrons. The summed E-state index contributed by atoms with van der Waals surface area (Å²) in [5.74, 6) is -0.328. The van der Waals surface area contributed by atoms with E-state index in [0.717, 1.165) is 12.5 Å². The zero-order chi connectivity index (χ0) is 31.8. The summed E-state index contributed by atoms with van der Waals surface area (Å²) in [6.07, 6.45) is -2.14. The first kappa shape index (κ1) is 30.8. The van der Waals surface area contributed by atoms with Gasteiger partial charge in [0.2, 0.25) is 0 Å². The molecule has 9 nitrogen and oxygen atoms in total. The van der Waals surface area contributed by atoms with E-state index in [0.29, 0.717) is 46.6 Å². The molecule has 0 saturated heterocycles. The van der Waals surface area contributed by atoms with Gasteiger partial charge in [-0.3, -0.25) is 14.3 Å². The summed E-state index contributed by atoms with van der Waals surface area (Å²) in [6, 6.07) is 11.6. The van der Waals surface area contributed by atoms with E-state index in [1.165, 1.54) is 11.6 Å². The Morgan fingerprint density at radius 1 is 1.14 bits per heavy atom. The van der Waals surface area contributed by atoms with Gasteiger partial charge in [-0.1, -0.05) is 26.0 Å². The van der Waals surface area contributed by atoms with Crippen molar-refractivity contribution in [2.45, 2.75) is 59.4 Å². The molecule has 0 aliphatic heterocycles. The Morgan fingerprint density at radius 3 is 2.48 bits per heavy atom. The molecule has 4 heterocycles. The maximum absolute atomic E-state index is 13.9. The first-order valence-electron chi connectivity index (χ1n) is 13.9. The van der Waals surface area contributed by atoms with E-state index >= 15 is 0 Å². The Bertz CT molecular complexity index is 1840. The number of rotatable bonds is 10. The minimum Gasteiger partial charge on any atom is -0.486 e. The number of hydrogen-bond donors (Lipinski definition) is 2. The lowest BCUT2D eigenvalue weighted by molar-refractivity contribution is -0.140. The SMILES string of the molecule is CCC(C)c1ccc(OCc2ccc(C(=O)Nc3c(C(N)=O)sc4nc(C(F)(F)F)cc(-c5cn(CC)nc5C)c34)o2)cc1. The minimum atomic E-state index is -4.76. The van der Waals surface area contributed by atoms with Crippen LogP contribution >= 0.6 is 11.3 Å². The predicted octanol–water partition coefficient (Wildman–Crippen LogP) is 7.54. The van der Waals surface area contributed by atoms with Crippen LogP contribution in [0, 0.1) is 6.92 Å². The molecule has 13 heteroatoms. The summed E-state index contributed by atoms with van der Waals surface area (Å²) < 4.78 is 54.6. The van der Waals surface area contributed by atoms with Gasteiger partial charge < -0.3 is 20.2 Å². The molecule has 3 N–H and O–H groups in total. The molecule has 0 fully saturated rings.